The molecule has 2 N–H and O–H groups in total. The van der Waals surface area contributed by atoms with Crippen LogP contribution in [0.2, 0.25) is 0 Å². The molecule has 0 aliphatic carbocycles. The fraction of sp³-hybridized carbons (Fsp3) is 0.455. The second-order valence-corrected chi connectivity index (χ2v) is 3.65. The number of benzene rings is 1. The number of rotatable bonds is 4. The van der Waals surface area contributed by atoms with E-state index >= 15 is 0 Å². The Balaban J connectivity index is 2.33. The van der Waals surface area contributed by atoms with Crippen molar-refractivity contribution in [2.75, 3.05) is 13.4 Å². The number of hydrogen-bond donors (Lipinski definition) is 1. The molecule has 5 heteroatoms. The minimum absolute atomic E-state index is 0.177. The SMILES string of the molecule is CC(F)c1cc(CCON)c2c(c1)OCO2. The molecule has 0 fully saturated rings. The number of halogens is 1. The Labute approximate surface area is 93.1 Å². The Bertz CT molecular complexity index is 382. The van der Waals surface area contributed by atoms with Crippen molar-refractivity contribution in [1.82, 2.24) is 0 Å². The van der Waals surface area contributed by atoms with Crippen molar-refractivity contribution in [2.45, 2.75) is 19.5 Å². The van der Waals surface area contributed by atoms with Gasteiger partial charge in [0.1, 0.15) is 6.17 Å². The van der Waals surface area contributed by atoms with E-state index in [1.54, 1.807) is 12.1 Å². The molecule has 0 aromatic heterocycles. The summed E-state index contributed by atoms with van der Waals surface area (Å²) in [7, 11) is 0. The van der Waals surface area contributed by atoms with Gasteiger partial charge in [0.15, 0.2) is 11.5 Å². The third-order valence-electron chi connectivity index (χ3n) is 2.52. The number of fused-ring (bicyclic) bond motifs is 1. The van der Waals surface area contributed by atoms with Gasteiger partial charge in [-0.05, 0) is 24.6 Å². The minimum atomic E-state index is -1.04. The Kier molecular flexibility index (Phi) is 3.26. The van der Waals surface area contributed by atoms with Crippen LogP contribution in [0.3, 0.4) is 0 Å². The number of ether oxygens (including phenoxy) is 2. The van der Waals surface area contributed by atoms with Gasteiger partial charge in [0.2, 0.25) is 6.79 Å². The van der Waals surface area contributed by atoms with Crippen LogP contribution in [0, 0.1) is 0 Å². The molecule has 4 nitrogen and oxygen atoms in total. The molecule has 1 unspecified atom stereocenters. The zero-order chi connectivity index (χ0) is 11.5. The summed E-state index contributed by atoms with van der Waals surface area (Å²) in [4.78, 5) is 4.52. The van der Waals surface area contributed by atoms with Crippen LogP contribution in [0.5, 0.6) is 11.5 Å². The molecule has 1 atom stereocenters. The molecule has 88 valence electrons. The van der Waals surface area contributed by atoms with E-state index in [4.69, 9.17) is 15.4 Å². The Hall–Kier alpha value is -1.33. The Morgan fingerprint density at radius 2 is 2.31 bits per heavy atom. The van der Waals surface area contributed by atoms with Gasteiger partial charge >= 0.3 is 0 Å². The highest BCUT2D eigenvalue weighted by Gasteiger charge is 2.20. The van der Waals surface area contributed by atoms with Gasteiger partial charge in [-0.3, -0.25) is 0 Å². The summed E-state index contributed by atoms with van der Waals surface area (Å²) >= 11 is 0. The molecule has 0 spiro atoms. The van der Waals surface area contributed by atoms with Crippen LogP contribution in [0.15, 0.2) is 12.1 Å². The molecule has 1 aliphatic heterocycles. The third-order valence-corrected chi connectivity index (χ3v) is 2.52. The molecular weight excluding hydrogens is 213 g/mol. The molecule has 16 heavy (non-hydrogen) atoms. The second-order valence-electron chi connectivity index (χ2n) is 3.65. The molecule has 0 radical (unpaired) electrons. The lowest BCUT2D eigenvalue weighted by atomic mass is 10.0. The van der Waals surface area contributed by atoms with Crippen molar-refractivity contribution in [3.05, 3.63) is 23.3 Å². The topological polar surface area (TPSA) is 53.7 Å². The summed E-state index contributed by atoms with van der Waals surface area (Å²) in [5.74, 6) is 6.23. The Morgan fingerprint density at radius 3 is 3.00 bits per heavy atom. The molecule has 0 bridgehead atoms. The molecule has 1 heterocycles. The molecule has 1 aromatic rings. The van der Waals surface area contributed by atoms with Crippen LogP contribution in [-0.2, 0) is 11.3 Å². The average Bonchev–Trinajstić information content (AvgIpc) is 2.73. The molecular formula is C11H14FNO3. The lowest BCUT2D eigenvalue weighted by molar-refractivity contribution is 0.139. The molecule has 1 aliphatic rings. The smallest absolute Gasteiger partial charge is 0.231 e. The number of alkyl halides is 1. The van der Waals surface area contributed by atoms with Gasteiger partial charge in [0.05, 0.1) is 6.61 Å². The highest BCUT2D eigenvalue weighted by atomic mass is 19.1. The van der Waals surface area contributed by atoms with Crippen LogP contribution in [-0.4, -0.2) is 13.4 Å². The zero-order valence-electron chi connectivity index (χ0n) is 9.03. The summed E-state index contributed by atoms with van der Waals surface area (Å²) in [5.41, 5.74) is 1.44. The molecule has 2 rings (SSSR count). The van der Waals surface area contributed by atoms with Gasteiger partial charge in [-0.15, -0.1) is 0 Å². The maximum Gasteiger partial charge on any atom is 0.231 e. The van der Waals surface area contributed by atoms with Gasteiger partial charge in [0, 0.05) is 12.0 Å². The lowest BCUT2D eigenvalue weighted by Gasteiger charge is -2.09. The summed E-state index contributed by atoms with van der Waals surface area (Å²) in [6, 6.07) is 3.43. The van der Waals surface area contributed by atoms with Crippen LogP contribution in [0.1, 0.15) is 24.2 Å². The summed E-state index contributed by atoms with van der Waals surface area (Å²) in [6.45, 7) is 2.02. The van der Waals surface area contributed by atoms with Gasteiger partial charge in [0.25, 0.3) is 0 Å². The normalized spacial score (nSPS) is 15.2. The van der Waals surface area contributed by atoms with Crippen molar-refractivity contribution in [2.24, 2.45) is 5.90 Å². The van der Waals surface area contributed by atoms with Gasteiger partial charge in [-0.2, -0.15) is 0 Å². The van der Waals surface area contributed by atoms with Gasteiger partial charge in [-0.1, -0.05) is 0 Å². The number of hydrogen-bond acceptors (Lipinski definition) is 4. The maximum atomic E-state index is 13.3. The predicted octanol–water partition coefficient (Wildman–Crippen LogP) is 1.88. The monoisotopic (exact) mass is 227 g/mol. The fourth-order valence-electron chi connectivity index (χ4n) is 1.69. The van der Waals surface area contributed by atoms with Crippen molar-refractivity contribution >= 4 is 0 Å². The van der Waals surface area contributed by atoms with Crippen molar-refractivity contribution in [1.29, 1.82) is 0 Å². The lowest BCUT2D eigenvalue weighted by Crippen LogP contribution is -2.05. The van der Waals surface area contributed by atoms with Crippen molar-refractivity contribution in [3.63, 3.8) is 0 Å². The van der Waals surface area contributed by atoms with Crippen molar-refractivity contribution < 1.29 is 18.7 Å². The zero-order valence-corrected chi connectivity index (χ0v) is 9.03. The third kappa shape index (κ3) is 2.10. The van der Waals surface area contributed by atoms with E-state index in [9.17, 15) is 4.39 Å². The summed E-state index contributed by atoms with van der Waals surface area (Å²) in [5, 5.41) is 0. The largest absolute Gasteiger partial charge is 0.454 e. The second kappa shape index (κ2) is 4.67. The van der Waals surface area contributed by atoms with E-state index < -0.39 is 6.17 Å². The average molecular weight is 227 g/mol. The molecule has 1 aromatic carbocycles. The van der Waals surface area contributed by atoms with Crippen LogP contribution in [0.4, 0.5) is 4.39 Å². The van der Waals surface area contributed by atoms with E-state index in [-0.39, 0.29) is 6.79 Å². The Morgan fingerprint density at radius 1 is 1.50 bits per heavy atom. The molecule has 0 saturated carbocycles. The molecule has 0 saturated heterocycles. The predicted molar refractivity (Wildman–Crippen MR) is 55.9 cm³/mol. The van der Waals surface area contributed by atoms with E-state index in [2.05, 4.69) is 4.84 Å². The highest BCUT2D eigenvalue weighted by Crippen LogP contribution is 2.39. The number of nitrogens with two attached hydrogens (primary N) is 1. The first-order valence-electron chi connectivity index (χ1n) is 5.10. The minimum Gasteiger partial charge on any atom is -0.454 e. The van der Waals surface area contributed by atoms with E-state index in [0.717, 1.165) is 5.56 Å². The fourth-order valence-corrected chi connectivity index (χ4v) is 1.69. The van der Waals surface area contributed by atoms with Crippen LogP contribution >= 0.6 is 0 Å². The van der Waals surface area contributed by atoms with E-state index in [0.29, 0.717) is 30.1 Å². The first kappa shape index (κ1) is 11.2. The summed E-state index contributed by atoms with van der Waals surface area (Å²) in [6.07, 6.45) is -0.463. The summed E-state index contributed by atoms with van der Waals surface area (Å²) < 4.78 is 23.8. The van der Waals surface area contributed by atoms with E-state index in [1.165, 1.54) is 6.92 Å². The molecule has 0 amide bonds. The first-order chi connectivity index (χ1) is 7.72. The standard InChI is InChI=1S/C11H14FNO3/c1-7(12)9-4-8(2-3-16-13)11-10(5-9)14-6-15-11/h4-5,7H,2-3,6,13H2,1H3. The van der Waals surface area contributed by atoms with Crippen molar-refractivity contribution in [3.8, 4) is 11.5 Å². The van der Waals surface area contributed by atoms with Crippen LogP contribution in [0.25, 0.3) is 0 Å². The maximum absolute atomic E-state index is 13.3. The quantitative estimate of drug-likeness (QED) is 0.798. The first-order valence-corrected chi connectivity index (χ1v) is 5.10. The van der Waals surface area contributed by atoms with E-state index in [1.807, 2.05) is 0 Å². The highest BCUT2D eigenvalue weighted by molar-refractivity contribution is 5.51. The van der Waals surface area contributed by atoms with Gasteiger partial charge in [-0.25, -0.2) is 10.3 Å². The van der Waals surface area contributed by atoms with Crippen LogP contribution < -0.4 is 15.4 Å². The van der Waals surface area contributed by atoms with Gasteiger partial charge < -0.3 is 14.3 Å².